The number of hydrogen-bond donors (Lipinski definition) is 2. The van der Waals surface area contributed by atoms with Crippen molar-refractivity contribution in [3.63, 3.8) is 0 Å². The lowest BCUT2D eigenvalue weighted by Gasteiger charge is -2.28. The van der Waals surface area contributed by atoms with E-state index in [0.29, 0.717) is 22.8 Å². The molecular formula is C13H20N6O2. The Morgan fingerprint density at radius 2 is 1.48 bits per heavy atom. The van der Waals surface area contributed by atoms with Crippen molar-refractivity contribution in [2.45, 2.75) is 58.4 Å². The van der Waals surface area contributed by atoms with E-state index in [1.54, 1.807) is 0 Å². The molecule has 0 aliphatic carbocycles. The van der Waals surface area contributed by atoms with Gasteiger partial charge in [-0.05, 0) is 5.92 Å². The SMILES string of the molecule is CC(C)c1nnn2c1[C@@H](O)n1nnc(C(C)(C)C)c1[C@H]2O. The Hall–Kier alpha value is -1.80. The minimum atomic E-state index is -1.05. The minimum Gasteiger partial charge on any atom is -0.366 e. The maximum atomic E-state index is 10.6. The summed E-state index contributed by atoms with van der Waals surface area (Å²) in [6, 6.07) is 0. The fourth-order valence-electron chi connectivity index (χ4n) is 2.64. The number of nitrogens with zero attached hydrogens (tertiary/aromatic N) is 6. The van der Waals surface area contributed by atoms with Crippen LogP contribution >= 0.6 is 0 Å². The van der Waals surface area contributed by atoms with Gasteiger partial charge in [-0.1, -0.05) is 45.0 Å². The van der Waals surface area contributed by atoms with Crippen molar-refractivity contribution in [3.8, 4) is 0 Å². The molecule has 2 atom stereocenters. The summed E-state index contributed by atoms with van der Waals surface area (Å²) in [7, 11) is 0. The molecule has 2 N–H and O–H groups in total. The maximum Gasteiger partial charge on any atom is 0.194 e. The van der Waals surface area contributed by atoms with E-state index in [0.717, 1.165) is 0 Å². The average Bonchev–Trinajstić information content (AvgIpc) is 2.99. The maximum absolute atomic E-state index is 10.6. The van der Waals surface area contributed by atoms with Crippen LogP contribution in [0.3, 0.4) is 0 Å². The van der Waals surface area contributed by atoms with Gasteiger partial charge in [0.1, 0.15) is 11.4 Å². The van der Waals surface area contributed by atoms with E-state index in [-0.39, 0.29) is 11.3 Å². The van der Waals surface area contributed by atoms with Gasteiger partial charge in [0.15, 0.2) is 12.5 Å². The van der Waals surface area contributed by atoms with Crippen LogP contribution in [0.2, 0.25) is 0 Å². The Balaban J connectivity index is 2.20. The number of rotatable bonds is 1. The smallest absolute Gasteiger partial charge is 0.194 e. The monoisotopic (exact) mass is 292 g/mol. The zero-order valence-electron chi connectivity index (χ0n) is 12.8. The number of aliphatic hydroxyl groups excluding tert-OH is 2. The molecule has 0 spiro atoms. The summed E-state index contributed by atoms with van der Waals surface area (Å²) in [4.78, 5) is 0. The minimum absolute atomic E-state index is 0.0859. The molecule has 8 nitrogen and oxygen atoms in total. The summed E-state index contributed by atoms with van der Waals surface area (Å²) >= 11 is 0. The van der Waals surface area contributed by atoms with E-state index in [1.165, 1.54) is 9.36 Å². The van der Waals surface area contributed by atoms with Crippen molar-refractivity contribution in [1.82, 2.24) is 30.0 Å². The summed E-state index contributed by atoms with van der Waals surface area (Å²) in [5.74, 6) is 0.0859. The molecule has 2 aromatic heterocycles. The van der Waals surface area contributed by atoms with E-state index in [4.69, 9.17) is 0 Å². The average molecular weight is 292 g/mol. The van der Waals surface area contributed by atoms with Crippen molar-refractivity contribution in [2.24, 2.45) is 0 Å². The highest BCUT2D eigenvalue weighted by atomic mass is 16.3. The highest BCUT2D eigenvalue weighted by Crippen LogP contribution is 2.37. The topological polar surface area (TPSA) is 102 Å². The molecule has 3 heterocycles. The molecule has 0 fully saturated rings. The summed E-state index contributed by atoms with van der Waals surface area (Å²) in [5.41, 5.74) is 1.92. The van der Waals surface area contributed by atoms with E-state index in [2.05, 4.69) is 20.6 Å². The Morgan fingerprint density at radius 3 is 2.05 bits per heavy atom. The van der Waals surface area contributed by atoms with Crippen LogP contribution < -0.4 is 0 Å². The van der Waals surface area contributed by atoms with Crippen molar-refractivity contribution in [2.75, 3.05) is 0 Å². The lowest BCUT2D eigenvalue weighted by molar-refractivity contribution is 0.0396. The summed E-state index contributed by atoms with van der Waals surface area (Å²) in [6.07, 6.45) is -2.09. The van der Waals surface area contributed by atoms with Crippen LogP contribution in [-0.4, -0.2) is 40.2 Å². The van der Waals surface area contributed by atoms with E-state index in [9.17, 15) is 10.2 Å². The summed E-state index contributed by atoms with van der Waals surface area (Å²) in [6.45, 7) is 9.86. The van der Waals surface area contributed by atoms with Gasteiger partial charge in [0.25, 0.3) is 0 Å². The van der Waals surface area contributed by atoms with E-state index >= 15 is 0 Å². The summed E-state index contributed by atoms with van der Waals surface area (Å²) in [5, 5.41) is 37.4. The molecule has 0 saturated heterocycles. The Labute approximate surface area is 122 Å². The number of fused-ring (bicyclic) bond motifs is 2. The standard InChI is InChI=1S/C13H20N6O2/c1-6(2)7-8-11(20)19-9(12(21)18(8)16-14-7)10(15-17-19)13(3,4)5/h6,11-12,20-21H,1-5H3/t11-,12-/m1/s1. The first kappa shape index (κ1) is 14.2. The second-order valence-electron chi connectivity index (χ2n) is 6.72. The van der Waals surface area contributed by atoms with Gasteiger partial charge < -0.3 is 10.2 Å². The van der Waals surface area contributed by atoms with Crippen molar-refractivity contribution in [3.05, 3.63) is 22.8 Å². The van der Waals surface area contributed by atoms with Crippen molar-refractivity contribution < 1.29 is 10.2 Å². The van der Waals surface area contributed by atoms with Crippen LogP contribution in [-0.2, 0) is 5.41 Å². The molecule has 1 aliphatic rings. The van der Waals surface area contributed by atoms with Crippen LogP contribution in [0.5, 0.6) is 0 Å². The first-order valence-electron chi connectivity index (χ1n) is 7.00. The van der Waals surface area contributed by atoms with Crippen molar-refractivity contribution in [1.29, 1.82) is 0 Å². The van der Waals surface area contributed by atoms with Gasteiger partial charge in [-0.3, -0.25) is 0 Å². The predicted molar refractivity (Wildman–Crippen MR) is 73.5 cm³/mol. The zero-order chi connectivity index (χ0) is 15.5. The quantitative estimate of drug-likeness (QED) is 0.801. The Bertz CT molecular complexity index is 681. The molecular weight excluding hydrogens is 272 g/mol. The molecule has 21 heavy (non-hydrogen) atoms. The Kier molecular flexibility index (Phi) is 2.93. The number of aliphatic hydroxyl groups is 2. The second-order valence-corrected chi connectivity index (χ2v) is 6.72. The fourth-order valence-corrected chi connectivity index (χ4v) is 2.64. The van der Waals surface area contributed by atoms with Crippen LogP contribution in [0.15, 0.2) is 0 Å². The lowest BCUT2D eigenvalue weighted by Crippen LogP contribution is -2.32. The van der Waals surface area contributed by atoms with Gasteiger partial charge >= 0.3 is 0 Å². The van der Waals surface area contributed by atoms with E-state index in [1.807, 2.05) is 34.6 Å². The molecule has 0 bridgehead atoms. The van der Waals surface area contributed by atoms with Gasteiger partial charge in [0.2, 0.25) is 0 Å². The van der Waals surface area contributed by atoms with Crippen LogP contribution in [0, 0.1) is 0 Å². The summed E-state index contributed by atoms with van der Waals surface area (Å²) < 4.78 is 2.71. The van der Waals surface area contributed by atoms with Crippen LogP contribution in [0.4, 0.5) is 0 Å². The van der Waals surface area contributed by atoms with Gasteiger partial charge in [-0.25, -0.2) is 9.36 Å². The van der Waals surface area contributed by atoms with Gasteiger partial charge in [-0.15, -0.1) is 10.2 Å². The van der Waals surface area contributed by atoms with Crippen LogP contribution in [0.25, 0.3) is 0 Å². The molecule has 0 saturated carbocycles. The first-order valence-corrected chi connectivity index (χ1v) is 7.00. The number of aromatic nitrogens is 6. The molecule has 0 aromatic carbocycles. The van der Waals surface area contributed by atoms with Crippen LogP contribution in [0.1, 0.15) is 75.8 Å². The first-order chi connectivity index (χ1) is 9.73. The Morgan fingerprint density at radius 1 is 0.952 bits per heavy atom. The third kappa shape index (κ3) is 1.90. The molecule has 1 aliphatic heterocycles. The molecule has 0 unspecified atom stereocenters. The normalized spacial score (nSPS) is 21.5. The highest BCUT2D eigenvalue weighted by molar-refractivity contribution is 5.29. The molecule has 0 radical (unpaired) electrons. The third-order valence-electron chi connectivity index (χ3n) is 3.70. The van der Waals surface area contributed by atoms with Gasteiger partial charge in [0, 0.05) is 5.41 Å². The fraction of sp³-hybridized carbons (Fsp3) is 0.692. The zero-order valence-corrected chi connectivity index (χ0v) is 12.8. The molecule has 8 heteroatoms. The largest absolute Gasteiger partial charge is 0.366 e. The number of hydrogen-bond acceptors (Lipinski definition) is 6. The van der Waals surface area contributed by atoms with Gasteiger partial charge in [-0.2, -0.15) is 0 Å². The predicted octanol–water partition coefficient (Wildman–Crippen LogP) is 0.682. The molecule has 114 valence electrons. The highest BCUT2D eigenvalue weighted by Gasteiger charge is 2.40. The molecule has 0 amide bonds. The molecule has 3 rings (SSSR count). The van der Waals surface area contributed by atoms with Crippen molar-refractivity contribution >= 4 is 0 Å². The van der Waals surface area contributed by atoms with Gasteiger partial charge in [0.05, 0.1) is 11.4 Å². The third-order valence-corrected chi connectivity index (χ3v) is 3.70. The van der Waals surface area contributed by atoms with E-state index < -0.39 is 12.5 Å². The molecule has 2 aromatic rings. The lowest BCUT2D eigenvalue weighted by atomic mass is 9.90. The second kappa shape index (κ2) is 4.35.